The van der Waals surface area contributed by atoms with Crippen LogP contribution in [-0.4, -0.2) is 17.4 Å². The maximum Gasteiger partial charge on any atom is 0.267 e. The molecule has 0 saturated heterocycles. The molecule has 0 saturated carbocycles. The second-order valence-corrected chi connectivity index (χ2v) is 4.85. The van der Waals surface area contributed by atoms with E-state index in [4.69, 9.17) is 0 Å². The first-order valence-electron chi connectivity index (χ1n) is 6.25. The number of rotatable bonds is 3. The van der Waals surface area contributed by atoms with Crippen LogP contribution in [0, 0.1) is 6.92 Å². The molecule has 1 heterocycles. The van der Waals surface area contributed by atoms with Crippen LogP contribution in [0.25, 0.3) is 0 Å². The number of aromatic amines is 1. The van der Waals surface area contributed by atoms with E-state index < -0.39 is 0 Å². The van der Waals surface area contributed by atoms with Crippen molar-refractivity contribution < 1.29 is 4.79 Å². The summed E-state index contributed by atoms with van der Waals surface area (Å²) in [6, 6.07) is 10.3. The summed E-state index contributed by atoms with van der Waals surface area (Å²) < 4.78 is 0. The van der Waals surface area contributed by atoms with Crippen LogP contribution in [0.1, 0.15) is 33.1 Å². The van der Waals surface area contributed by atoms with E-state index in [1.54, 1.807) is 6.20 Å². The molecule has 3 rings (SSSR count). The van der Waals surface area contributed by atoms with Crippen LogP contribution in [0.2, 0.25) is 0 Å². The van der Waals surface area contributed by atoms with E-state index in [-0.39, 0.29) is 5.91 Å². The van der Waals surface area contributed by atoms with Gasteiger partial charge in [0.15, 0.2) is 0 Å². The van der Waals surface area contributed by atoms with Crippen LogP contribution in [0.3, 0.4) is 0 Å². The molecule has 0 radical (unpaired) electrons. The number of aryl methyl sites for hydroxylation is 1. The van der Waals surface area contributed by atoms with Crippen molar-refractivity contribution in [2.45, 2.75) is 19.3 Å². The molecule has 18 heavy (non-hydrogen) atoms. The van der Waals surface area contributed by atoms with Gasteiger partial charge in [-0.3, -0.25) is 4.79 Å². The van der Waals surface area contributed by atoms with Crippen LogP contribution in [0.15, 0.2) is 36.5 Å². The Kier molecular flexibility index (Phi) is 2.67. The van der Waals surface area contributed by atoms with Gasteiger partial charge in [-0.2, -0.15) is 0 Å². The van der Waals surface area contributed by atoms with Gasteiger partial charge < -0.3 is 10.3 Å². The molecule has 0 aliphatic heterocycles. The zero-order valence-corrected chi connectivity index (χ0v) is 10.4. The van der Waals surface area contributed by atoms with E-state index >= 15 is 0 Å². The van der Waals surface area contributed by atoms with Crippen molar-refractivity contribution in [3.05, 3.63) is 58.9 Å². The topological polar surface area (TPSA) is 44.9 Å². The molecule has 2 N–H and O–H groups in total. The molecule has 0 fully saturated rings. The fraction of sp³-hybridized carbons (Fsp3) is 0.267. The van der Waals surface area contributed by atoms with E-state index in [0.717, 1.165) is 12.0 Å². The fourth-order valence-corrected chi connectivity index (χ4v) is 2.54. The second kappa shape index (κ2) is 4.33. The van der Waals surface area contributed by atoms with Gasteiger partial charge in [0.1, 0.15) is 5.69 Å². The van der Waals surface area contributed by atoms with Crippen LogP contribution in [0.5, 0.6) is 0 Å². The van der Waals surface area contributed by atoms with Crippen molar-refractivity contribution in [3.8, 4) is 0 Å². The lowest BCUT2D eigenvalue weighted by Crippen LogP contribution is -2.33. The van der Waals surface area contributed by atoms with Gasteiger partial charge in [-0.25, -0.2) is 0 Å². The number of fused-ring (bicyclic) bond motifs is 1. The fourth-order valence-electron chi connectivity index (χ4n) is 2.54. The lowest BCUT2D eigenvalue weighted by molar-refractivity contribution is 0.0945. The van der Waals surface area contributed by atoms with Crippen LogP contribution in [-0.2, 0) is 6.42 Å². The Morgan fingerprint density at radius 2 is 2.22 bits per heavy atom. The lowest BCUT2D eigenvalue weighted by atomic mass is 9.77. The molecule has 3 heteroatoms. The molecule has 1 aliphatic rings. The van der Waals surface area contributed by atoms with Crippen molar-refractivity contribution in [3.63, 3.8) is 0 Å². The van der Waals surface area contributed by atoms with E-state index in [9.17, 15) is 4.79 Å². The van der Waals surface area contributed by atoms with Gasteiger partial charge in [-0.1, -0.05) is 24.3 Å². The van der Waals surface area contributed by atoms with Crippen molar-refractivity contribution in [1.29, 1.82) is 0 Å². The Morgan fingerprint density at radius 1 is 1.39 bits per heavy atom. The minimum atomic E-state index is -0.0121. The van der Waals surface area contributed by atoms with E-state index in [2.05, 4.69) is 34.6 Å². The zero-order chi connectivity index (χ0) is 12.5. The minimum Gasteiger partial charge on any atom is -0.357 e. The summed E-state index contributed by atoms with van der Waals surface area (Å²) in [7, 11) is 0. The highest BCUT2D eigenvalue weighted by Gasteiger charge is 2.25. The number of benzene rings is 1. The third kappa shape index (κ3) is 1.82. The zero-order valence-electron chi connectivity index (χ0n) is 10.4. The molecule has 1 unspecified atom stereocenters. The molecule has 92 valence electrons. The van der Waals surface area contributed by atoms with Crippen molar-refractivity contribution in [1.82, 2.24) is 10.3 Å². The standard InChI is InChI=1S/C15H16N2O/c1-10-6-7-16-14(10)15(18)17-9-12-8-11-4-2-3-5-13(11)12/h2-7,12,16H,8-9H2,1H3,(H,17,18). The van der Waals surface area contributed by atoms with Crippen molar-refractivity contribution >= 4 is 5.91 Å². The summed E-state index contributed by atoms with van der Waals surface area (Å²) in [5.74, 6) is 0.460. The maximum atomic E-state index is 11.9. The van der Waals surface area contributed by atoms with E-state index in [0.29, 0.717) is 18.2 Å². The van der Waals surface area contributed by atoms with E-state index in [1.807, 2.05) is 13.0 Å². The molecule has 0 spiro atoms. The third-order valence-corrected chi connectivity index (χ3v) is 3.65. The molecule has 1 aromatic carbocycles. The average Bonchev–Trinajstić information content (AvgIpc) is 2.76. The summed E-state index contributed by atoms with van der Waals surface area (Å²) in [6.45, 7) is 2.65. The highest BCUT2D eigenvalue weighted by atomic mass is 16.1. The molecule has 1 aliphatic carbocycles. The Labute approximate surface area is 106 Å². The third-order valence-electron chi connectivity index (χ3n) is 3.65. The molecule has 2 aromatic rings. The second-order valence-electron chi connectivity index (χ2n) is 4.85. The van der Waals surface area contributed by atoms with Crippen LogP contribution >= 0.6 is 0 Å². The van der Waals surface area contributed by atoms with Crippen LogP contribution < -0.4 is 5.32 Å². The summed E-state index contributed by atoms with van der Waals surface area (Å²) >= 11 is 0. The molecular weight excluding hydrogens is 224 g/mol. The lowest BCUT2D eigenvalue weighted by Gasteiger charge is -2.30. The molecule has 0 bridgehead atoms. The monoisotopic (exact) mass is 240 g/mol. The first kappa shape index (κ1) is 11.1. The van der Waals surface area contributed by atoms with Crippen LogP contribution in [0.4, 0.5) is 0 Å². The van der Waals surface area contributed by atoms with Gasteiger partial charge in [0.05, 0.1) is 0 Å². The average molecular weight is 240 g/mol. The van der Waals surface area contributed by atoms with Gasteiger partial charge in [0, 0.05) is 18.7 Å². The van der Waals surface area contributed by atoms with Gasteiger partial charge in [0.25, 0.3) is 5.91 Å². The summed E-state index contributed by atoms with van der Waals surface area (Å²) in [5, 5.41) is 3.00. The predicted octanol–water partition coefficient (Wildman–Crippen LogP) is 2.39. The number of amides is 1. The minimum absolute atomic E-state index is 0.0121. The normalized spacial score (nSPS) is 16.8. The summed E-state index contributed by atoms with van der Waals surface area (Å²) in [4.78, 5) is 14.9. The van der Waals surface area contributed by atoms with Gasteiger partial charge in [-0.15, -0.1) is 0 Å². The molecule has 1 aromatic heterocycles. The number of H-pyrrole nitrogens is 1. The number of nitrogens with one attached hydrogen (secondary N) is 2. The molecule has 3 nitrogen and oxygen atoms in total. The maximum absolute atomic E-state index is 11.9. The SMILES string of the molecule is Cc1cc[nH]c1C(=O)NCC1Cc2ccccc21. The smallest absolute Gasteiger partial charge is 0.267 e. The predicted molar refractivity (Wildman–Crippen MR) is 70.7 cm³/mol. The molecule has 1 atom stereocenters. The summed E-state index contributed by atoms with van der Waals surface area (Å²) in [5.41, 5.74) is 4.44. The van der Waals surface area contributed by atoms with Gasteiger partial charge in [0.2, 0.25) is 0 Å². The number of carbonyl (C=O) groups is 1. The molecule has 1 amide bonds. The largest absolute Gasteiger partial charge is 0.357 e. The van der Waals surface area contributed by atoms with Crippen molar-refractivity contribution in [2.75, 3.05) is 6.54 Å². The number of hydrogen-bond donors (Lipinski definition) is 2. The Hall–Kier alpha value is -2.03. The first-order chi connectivity index (χ1) is 8.75. The number of aromatic nitrogens is 1. The quantitative estimate of drug-likeness (QED) is 0.850. The summed E-state index contributed by atoms with van der Waals surface area (Å²) in [6.07, 6.45) is 2.86. The van der Waals surface area contributed by atoms with Gasteiger partial charge >= 0.3 is 0 Å². The Morgan fingerprint density at radius 3 is 2.94 bits per heavy atom. The first-order valence-corrected chi connectivity index (χ1v) is 6.25. The highest BCUT2D eigenvalue weighted by molar-refractivity contribution is 5.93. The highest BCUT2D eigenvalue weighted by Crippen LogP contribution is 2.33. The van der Waals surface area contributed by atoms with Crippen molar-refractivity contribution in [2.24, 2.45) is 0 Å². The Balaban J connectivity index is 1.61. The number of carbonyl (C=O) groups excluding carboxylic acids is 1. The molecular formula is C15H16N2O. The Bertz CT molecular complexity index is 586. The number of hydrogen-bond acceptors (Lipinski definition) is 1. The van der Waals surface area contributed by atoms with E-state index in [1.165, 1.54) is 11.1 Å². The van der Waals surface area contributed by atoms with Gasteiger partial charge in [-0.05, 0) is 36.1 Å².